The van der Waals surface area contributed by atoms with Gasteiger partial charge in [-0.15, -0.1) is 0 Å². The van der Waals surface area contributed by atoms with Crippen LogP contribution in [0.15, 0.2) is 30.3 Å². The molecule has 0 saturated carbocycles. The summed E-state index contributed by atoms with van der Waals surface area (Å²) in [5.41, 5.74) is 2.14. The number of H-pyrrole nitrogens is 1. The van der Waals surface area contributed by atoms with Gasteiger partial charge in [0.15, 0.2) is 0 Å². The highest BCUT2D eigenvalue weighted by Gasteiger charge is 2.09. The molecule has 0 aliphatic carbocycles. The fraction of sp³-hybridized carbons (Fsp3) is 0.267. The average Bonchev–Trinajstić information content (AvgIpc) is 3.00. The fourth-order valence-electron chi connectivity index (χ4n) is 1.91. The maximum absolute atomic E-state index is 11.4. The molecule has 0 amide bonds. The second-order valence-electron chi connectivity index (χ2n) is 4.31. The van der Waals surface area contributed by atoms with E-state index in [1.165, 1.54) is 7.11 Å². The van der Waals surface area contributed by atoms with Crippen LogP contribution in [0.4, 0.5) is 5.69 Å². The summed E-state index contributed by atoms with van der Waals surface area (Å²) in [6.07, 6.45) is 0. The van der Waals surface area contributed by atoms with Crippen molar-refractivity contribution in [2.24, 2.45) is 0 Å². The van der Waals surface area contributed by atoms with Crippen molar-refractivity contribution < 1.29 is 19.0 Å². The zero-order chi connectivity index (χ0) is 15.2. The van der Waals surface area contributed by atoms with Crippen LogP contribution in [0.3, 0.4) is 0 Å². The maximum atomic E-state index is 11.4. The van der Waals surface area contributed by atoms with Crippen LogP contribution in [0.1, 0.15) is 16.2 Å². The molecule has 0 unspecified atom stereocenters. The maximum Gasteiger partial charge on any atom is 0.354 e. The van der Waals surface area contributed by atoms with Gasteiger partial charge in [0, 0.05) is 11.8 Å². The minimum atomic E-state index is -0.386. The summed E-state index contributed by atoms with van der Waals surface area (Å²) >= 11 is 0. The van der Waals surface area contributed by atoms with Crippen molar-refractivity contribution >= 4 is 11.7 Å². The first kappa shape index (κ1) is 14.8. The number of hydrogen-bond donors (Lipinski definition) is 2. The van der Waals surface area contributed by atoms with Crippen LogP contribution in [-0.4, -0.2) is 32.3 Å². The summed E-state index contributed by atoms with van der Waals surface area (Å²) in [4.78, 5) is 14.4. The molecule has 1 aromatic carbocycles. The number of carbonyl (C=O) groups excluding carboxylic acids is 1. The molecule has 112 valence electrons. The Morgan fingerprint density at radius 1 is 1.14 bits per heavy atom. The number of aromatic nitrogens is 1. The third-order valence-corrected chi connectivity index (χ3v) is 3.03. The number of carbonyl (C=O) groups is 1. The minimum Gasteiger partial charge on any atom is -0.497 e. The number of nitrogens with one attached hydrogen (secondary N) is 2. The Morgan fingerprint density at radius 3 is 2.62 bits per heavy atom. The number of hydrogen-bond acceptors (Lipinski definition) is 5. The van der Waals surface area contributed by atoms with Gasteiger partial charge < -0.3 is 24.5 Å². The van der Waals surface area contributed by atoms with Crippen LogP contribution in [-0.2, 0) is 11.3 Å². The van der Waals surface area contributed by atoms with Gasteiger partial charge >= 0.3 is 5.97 Å². The largest absolute Gasteiger partial charge is 0.497 e. The quantitative estimate of drug-likeness (QED) is 0.799. The van der Waals surface area contributed by atoms with Crippen molar-refractivity contribution in [3.63, 3.8) is 0 Å². The Hall–Kier alpha value is -2.63. The van der Waals surface area contributed by atoms with Crippen molar-refractivity contribution in [2.45, 2.75) is 6.54 Å². The van der Waals surface area contributed by atoms with E-state index < -0.39 is 0 Å². The fourth-order valence-corrected chi connectivity index (χ4v) is 1.91. The van der Waals surface area contributed by atoms with Gasteiger partial charge in [-0.25, -0.2) is 4.79 Å². The molecule has 0 atom stereocenters. The van der Waals surface area contributed by atoms with E-state index in [4.69, 9.17) is 9.47 Å². The van der Waals surface area contributed by atoms with Gasteiger partial charge in [-0.2, -0.15) is 0 Å². The molecule has 0 fully saturated rings. The molecule has 21 heavy (non-hydrogen) atoms. The number of esters is 1. The van der Waals surface area contributed by atoms with Crippen LogP contribution in [0, 0.1) is 0 Å². The van der Waals surface area contributed by atoms with E-state index in [1.54, 1.807) is 26.4 Å². The van der Waals surface area contributed by atoms with E-state index in [2.05, 4.69) is 15.0 Å². The third-order valence-electron chi connectivity index (χ3n) is 3.03. The molecule has 0 radical (unpaired) electrons. The molecule has 0 saturated heterocycles. The van der Waals surface area contributed by atoms with E-state index in [0.717, 1.165) is 17.1 Å². The summed E-state index contributed by atoms with van der Waals surface area (Å²) in [6, 6.07) is 9.04. The Balaban J connectivity index is 2.06. The summed E-state index contributed by atoms with van der Waals surface area (Å²) < 4.78 is 15.1. The Kier molecular flexibility index (Phi) is 4.71. The number of rotatable bonds is 6. The van der Waals surface area contributed by atoms with Crippen molar-refractivity contribution in [1.82, 2.24) is 4.98 Å². The average molecular weight is 290 g/mol. The third kappa shape index (κ3) is 3.47. The standard InChI is InChI=1S/C15H18N2O4/c1-19-11-5-7-12(14(8-11)20-2)16-9-10-4-6-13(17-10)15(18)21-3/h4-8,16-17H,9H2,1-3H3. The second kappa shape index (κ2) is 6.69. The zero-order valence-electron chi connectivity index (χ0n) is 12.2. The van der Waals surface area contributed by atoms with Gasteiger partial charge in [0.1, 0.15) is 17.2 Å². The SMILES string of the molecule is COC(=O)c1ccc(CNc2ccc(OC)cc2OC)[nH]1. The van der Waals surface area contributed by atoms with Gasteiger partial charge in [-0.3, -0.25) is 0 Å². The van der Waals surface area contributed by atoms with Crippen LogP contribution in [0.5, 0.6) is 11.5 Å². The lowest BCUT2D eigenvalue weighted by Gasteiger charge is -2.11. The van der Waals surface area contributed by atoms with E-state index in [9.17, 15) is 4.79 Å². The molecule has 1 aromatic heterocycles. The van der Waals surface area contributed by atoms with E-state index in [0.29, 0.717) is 18.0 Å². The summed E-state index contributed by atoms with van der Waals surface area (Å²) in [5, 5.41) is 3.24. The molecule has 0 aliphatic rings. The highest BCUT2D eigenvalue weighted by molar-refractivity contribution is 5.87. The smallest absolute Gasteiger partial charge is 0.354 e. The predicted molar refractivity (Wildman–Crippen MR) is 79.0 cm³/mol. The molecule has 2 rings (SSSR count). The monoisotopic (exact) mass is 290 g/mol. The van der Waals surface area contributed by atoms with Gasteiger partial charge in [0.05, 0.1) is 33.6 Å². The lowest BCUT2D eigenvalue weighted by Crippen LogP contribution is -2.04. The lowest BCUT2D eigenvalue weighted by molar-refractivity contribution is 0.0594. The molecule has 0 aliphatic heterocycles. The second-order valence-corrected chi connectivity index (χ2v) is 4.31. The van der Waals surface area contributed by atoms with Crippen molar-refractivity contribution in [3.05, 3.63) is 41.7 Å². The highest BCUT2D eigenvalue weighted by atomic mass is 16.5. The first-order chi connectivity index (χ1) is 10.2. The topological polar surface area (TPSA) is 72.6 Å². The Morgan fingerprint density at radius 2 is 1.95 bits per heavy atom. The van der Waals surface area contributed by atoms with Crippen LogP contribution in [0.2, 0.25) is 0 Å². The summed E-state index contributed by atoms with van der Waals surface area (Å²) in [7, 11) is 4.56. The van der Waals surface area contributed by atoms with Gasteiger partial charge in [-0.1, -0.05) is 0 Å². The van der Waals surface area contributed by atoms with Gasteiger partial charge in [-0.05, 0) is 24.3 Å². The number of aromatic amines is 1. The van der Waals surface area contributed by atoms with E-state index in [-0.39, 0.29) is 5.97 Å². The number of ether oxygens (including phenoxy) is 3. The van der Waals surface area contributed by atoms with Gasteiger partial charge in [0.2, 0.25) is 0 Å². The molecule has 2 N–H and O–H groups in total. The van der Waals surface area contributed by atoms with Crippen LogP contribution in [0.25, 0.3) is 0 Å². The first-order valence-electron chi connectivity index (χ1n) is 6.40. The van der Waals surface area contributed by atoms with E-state index >= 15 is 0 Å². The molecule has 0 bridgehead atoms. The van der Waals surface area contributed by atoms with Crippen molar-refractivity contribution in [3.8, 4) is 11.5 Å². The number of benzene rings is 1. The summed E-state index contributed by atoms with van der Waals surface area (Å²) in [5.74, 6) is 1.03. The molecule has 0 spiro atoms. The molecule has 6 nitrogen and oxygen atoms in total. The molecular formula is C15H18N2O4. The normalized spacial score (nSPS) is 10.0. The van der Waals surface area contributed by atoms with Crippen LogP contribution < -0.4 is 14.8 Å². The zero-order valence-corrected chi connectivity index (χ0v) is 12.2. The molecule has 2 aromatic rings. The van der Waals surface area contributed by atoms with E-state index in [1.807, 2.05) is 18.2 Å². The number of methoxy groups -OCH3 is 3. The van der Waals surface area contributed by atoms with Gasteiger partial charge in [0.25, 0.3) is 0 Å². The first-order valence-corrected chi connectivity index (χ1v) is 6.40. The summed E-state index contributed by atoms with van der Waals surface area (Å²) in [6.45, 7) is 0.527. The number of anilines is 1. The van der Waals surface area contributed by atoms with Crippen molar-refractivity contribution in [1.29, 1.82) is 0 Å². The highest BCUT2D eigenvalue weighted by Crippen LogP contribution is 2.29. The minimum absolute atomic E-state index is 0.386. The lowest BCUT2D eigenvalue weighted by atomic mass is 10.2. The predicted octanol–water partition coefficient (Wildman–Crippen LogP) is 2.43. The Labute approximate surface area is 123 Å². The molecule has 6 heteroatoms. The molecule has 1 heterocycles. The molecular weight excluding hydrogens is 272 g/mol. The Bertz CT molecular complexity index is 622. The van der Waals surface area contributed by atoms with Crippen LogP contribution >= 0.6 is 0 Å². The van der Waals surface area contributed by atoms with Crippen molar-refractivity contribution in [2.75, 3.05) is 26.6 Å².